The molecule has 0 unspecified atom stereocenters. The van der Waals surface area contributed by atoms with Crippen molar-refractivity contribution < 1.29 is 4.79 Å². The van der Waals surface area contributed by atoms with Crippen molar-refractivity contribution in [2.45, 2.75) is 26.2 Å². The van der Waals surface area contributed by atoms with E-state index in [0.717, 1.165) is 15.6 Å². The fourth-order valence-corrected chi connectivity index (χ4v) is 4.49. The molecule has 1 heterocycles. The SMILES string of the molecule is CC(C)(C)c1ccc(/C=N/Nc2nc(-c3ccc(Cl)cc3)c(NC(=O)c3ccc(Br)cc3)s2)cc1. The number of hydrazone groups is 1. The molecule has 0 bridgehead atoms. The minimum absolute atomic E-state index is 0.101. The number of carbonyl (C=O) groups excluding carboxylic acids is 1. The number of anilines is 2. The molecule has 0 fully saturated rings. The van der Waals surface area contributed by atoms with Gasteiger partial charge in [0.25, 0.3) is 5.91 Å². The van der Waals surface area contributed by atoms with Crippen LogP contribution in [-0.4, -0.2) is 17.1 Å². The molecule has 0 aliphatic carbocycles. The first kappa shape index (κ1) is 25.1. The molecule has 8 heteroatoms. The smallest absolute Gasteiger partial charge is 0.256 e. The molecule has 1 amide bonds. The Morgan fingerprint density at radius 2 is 1.66 bits per heavy atom. The van der Waals surface area contributed by atoms with Crippen LogP contribution in [0.4, 0.5) is 10.1 Å². The first-order valence-electron chi connectivity index (χ1n) is 10.9. The Hall–Kier alpha value is -3.00. The molecule has 0 radical (unpaired) electrons. The number of benzene rings is 3. The van der Waals surface area contributed by atoms with Crippen molar-refractivity contribution in [1.29, 1.82) is 0 Å². The Labute approximate surface area is 222 Å². The van der Waals surface area contributed by atoms with Crippen LogP contribution >= 0.6 is 38.9 Å². The molecule has 0 spiro atoms. The van der Waals surface area contributed by atoms with E-state index in [4.69, 9.17) is 11.6 Å². The monoisotopic (exact) mass is 566 g/mol. The van der Waals surface area contributed by atoms with Crippen molar-refractivity contribution in [1.82, 2.24) is 4.98 Å². The Morgan fingerprint density at radius 3 is 2.29 bits per heavy atom. The van der Waals surface area contributed by atoms with Gasteiger partial charge in [-0.15, -0.1) is 0 Å². The third-order valence-corrected chi connectivity index (χ3v) is 6.88. The summed E-state index contributed by atoms with van der Waals surface area (Å²) >= 11 is 10.8. The summed E-state index contributed by atoms with van der Waals surface area (Å²) < 4.78 is 0.908. The number of halogens is 2. The van der Waals surface area contributed by atoms with E-state index in [9.17, 15) is 4.79 Å². The van der Waals surface area contributed by atoms with Crippen LogP contribution < -0.4 is 10.7 Å². The zero-order chi connectivity index (χ0) is 25.0. The Balaban J connectivity index is 1.55. The van der Waals surface area contributed by atoms with Gasteiger partial charge >= 0.3 is 0 Å². The molecule has 4 rings (SSSR count). The predicted molar refractivity (Wildman–Crippen MR) is 151 cm³/mol. The minimum Gasteiger partial charge on any atom is -0.312 e. The van der Waals surface area contributed by atoms with E-state index in [1.165, 1.54) is 16.9 Å². The molecule has 178 valence electrons. The third-order valence-electron chi connectivity index (χ3n) is 5.23. The molecular weight excluding hydrogens is 544 g/mol. The van der Waals surface area contributed by atoms with E-state index < -0.39 is 0 Å². The normalized spacial score (nSPS) is 11.6. The van der Waals surface area contributed by atoms with Gasteiger partial charge in [-0.3, -0.25) is 10.2 Å². The maximum absolute atomic E-state index is 12.9. The van der Waals surface area contributed by atoms with E-state index in [2.05, 4.69) is 69.7 Å². The maximum Gasteiger partial charge on any atom is 0.256 e. The molecular formula is C27H24BrClN4OS. The second kappa shape index (κ2) is 10.7. The fraction of sp³-hybridized carbons (Fsp3) is 0.148. The highest BCUT2D eigenvalue weighted by Crippen LogP contribution is 2.36. The average Bonchev–Trinajstić information content (AvgIpc) is 3.22. The van der Waals surface area contributed by atoms with Crippen LogP contribution in [0.2, 0.25) is 5.02 Å². The highest BCUT2D eigenvalue weighted by molar-refractivity contribution is 9.10. The zero-order valence-electron chi connectivity index (χ0n) is 19.5. The topological polar surface area (TPSA) is 66.4 Å². The largest absolute Gasteiger partial charge is 0.312 e. The van der Waals surface area contributed by atoms with Crippen LogP contribution in [0.15, 0.2) is 82.4 Å². The molecule has 0 aliphatic rings. The summed E-state index contributed by atoms with van der Waals surface area (Å²) in [6.07, 6.45) is 1.75. The van der Waals surface area contributed by atoms with Crippen LogP contribution in [0, 0.1) is 0 Å². The number of carbonyl (C=O) groups is 1. The Morgan fingerprint density at radius 1 is 1.00 bits per heavy atom. The number of hydrogen-bond donors (Lipinski definition) is 2. The molecule has 0 atom stereocenters. The Bertz CT molecular complexity index is 1340. The van der Waals surface area contributed by atoms with Gasteiger partial charge in [0.1, 0.15) is 10.7 Å². The minimum atomic E-state index is -0.217. The molecule has 3 aromatic carbocycles. The van der Waals surface area contributed by atoms with Crippen molar-refractivity contribution >= 4 is 61.1 Å². The molecule has 1 aromatic heterocycles. The number of amides is 1. The van der Waals surface area contributed by atoms with E-state index in [-0.39, 0.29) is 11.3 Å². The summed E-state index contributed by atoms with van der Waals surface area (Å²) in [5.41, 5.74) is 7.37. The number of thiazole rings is 1. The second-order valence-corrected chi connectivity index (χ2v) is 11.3. The fourth-order valence-electron chi connectivity index (χ4n) is 3.26. The number of nitrogens with one attached hydrogen (secondary N) is 2. The van der Waals surface area contributed by atoms with Gasteiger partial charge in [-0.2, -0.15) is 5.10 Å². The van der Waals surface area contributed by atoms with Crippen LogP contribution in [-0.2, 0) is 5.41 Å². The molecule has 4 aromatic rings. The first-order chi connectivity index (χ1) is 16.7. The van der Waals surface area contributed by atoms with E-state index in [0.29, 0.717) is 26.4 Å². The van der Waals surface area contributed by atoms with Gasteiger partial charge in [-0.25, -0.2) is 4.98 Å². The molecule has 35 heavy (non-hydrogen) atoms. The van der Waals surface area contributed by atoms with Crippen molar-refractivity contribution in [2.24, 2.45) is 5.10 Å². The lowest BCUT2D eigenvalue weighted by Crippen LogP contribution is -2.11. The summed E-state index contributed by atoms with van der Waals surface area (Å²) in [5, 5.41) is 9.14. The summed E-state index contributed by atoms with van der Waals surface area (Å²) in [7, 11) is 0. The summed E-state index contributed by atoms with van der Waals surface area (Å²) in [4.78, 5) is 17.5. The molecule has 2 N–H and O–H groups in total. The summed E-state index contributed by atoms with van der Waals surface area (Å²) in [6, 6.07) is 22.8. The van der Waals surface area contributed by atoms with E-state index in [1.807, 2.05) is 36.4 Å². The summed E-state index contributed by atoms with van der Waals surface area (Å²) in [6.45, 7) is 6.56. The van der Waals surface area contributed by atoms with Gasteiger partial charge in [0.2, 0.25) is 5.13 Å². The van der Waals surface area contributed by atoms with E-state index >= 15 is 0 Å². The van der Waals surface area contributed by atoms with Crippen molar-refractivity contribution in [2.75, 3.05) is 10.7 Å². The van der Waals surface area contributed by atoms with Gasteiger partial charge < -0.3 is 5.32 Å². The lowest BCUT2D eigenvalue weighted by atomic mass is 9.87. The van der Waals surface area contributed by atoms with E-state index in [1.54, 1.807) is 30.5 Å². The summed E-state index contributed by atoms with van der Waals surface area (Å²) in [5.74, 6) is -0.217. The lowest BCUT2D eigenvalue weighted by Gasteiger charge is -2.18. The third kappa shape index (κ3) is 6.57. The molecule has 0 aliphatic heterocycles. The number of hydrogen-bond acceptors (Lipinski definition) is 5. The second-order valence-electron chi connectivity index (χ2n) is 8.91. The quantitative estimate of drug-likeness (QED) is 0.182. The van der Waals surface area contributed by atoms with Gasteiger partial charge in [0, 0.05) is 20.6 Å². The van der Waals surface area contributed by atoms with Crippen molar-refractivity contribution in [3.63, 3.8) is 0 Å². The molecule has 0 saturated heterocycles. The molecule has 5 nitrogen and oxygen atoms in total. The first-order valence-corrected chi connectivity index (χ1v) is 12.9. The zero-order valence-corrected chi connectivity index (χ0v) is 22.6. The molecule has 0 saturated carbocycles. The van der Waals surface area contributed by atoms with Crippen LogP contribution in [0.3, 0.4) is 0 Å². The Kier molecular flexibility index (Phi) is 7.69. The van der Waals surface area contributed by atoms with Crippen LogP contribution in [0.5, 0.6) is 0 Å². The maximum atomic E-state index is 12.9. The van der Waals surface area contributed by atoms with Crippen molar-refractivity contribution in [3.8, 4) is 11.3 Å². The standard InChI is InChI=1S/C27H24BrClN4OS/c1-27(2,3)20-10-4-17(5-11-20)16-30-33-26-31-23(18-8-14-22(29)15-9-18)25(35-26)32-24(34)19-6-12-21(28)13-7-19/h4-16H,1-3H3,(H,31,33)(H,32,34)/b30-16+. The number of rotatable bonds is 6. The number of nitrogens with zero attached hydrogens (tertiary/aromatic N) is 2. The van der Waals surface area contributed by atoms with Crippen LogP contribution in [0.25, 0.3) is 11.3 Å². The van der Waals surface area contributed by atoms with Crippen LogP contribution in [0.1, 0.15) is 42.3 Å². The van der Waals surface area contributed by atoms with Gasteiger partial charge in [-0.1, -0.05) is 96.0 Å². The van der Waals surface area contributed by atoms with Crippen molar-refractivity contribution in [3.05, 3.63) is 99.0 Å². The lowest BCUT2D eigenvalue weighted by molar-refractivity contribution is 0.102. The van der Waals surface area contributed by atoms with Gasteiger partial charge in [0.15, 0.2) is 0 Å². The highest BCUT2D eigenvalue weighted by atomic mass is 79.9. The van der Waals surface area contributed by atoms with Gasteiger partial charge in [-0.05, 0) is 52.9 Å². The highest BCUT2D eigenvalue weighted by Gasteiger charge is 2.17. The van der Waals surface area contributed by atoms with Gasteiger partial charge in [0.05, 0.1) is 6.21 Å². The number of aromatic nitrogens is 1. The average molecular weight is 568 g/mol. The predicted octanol–water partition coefficient (Wildman–Crippen LogP) is 8.22.